The summed E-state index contributed by atoms with van der Waals surface area (Å²) in [5.41, 5.74) is 4.02. The Morgan fingerprint density at radius 1 is 0.902 bits per heavy atom. The Bertz CT molecular complexity index is 1280. The van der Waals surface area contributed by atoms with Crippen molar-refractivity contribution in [3.05, 3.63) is 53.6 Å². The molecule has 2 amide bonds. The fourth-order valence-electron chi connectivity index (χ4n) is 5.34. The minimum atomic E-state index is -0.112. The molecular formula is C33H48N6O2. The van der Waals surface area contributed by atoms with Crippen LogP contribution in [0.15, 0.2) is 42.5 Å². The number of nitrogens with zero attached hydrogens (tertiary/aromatic N) is 4. The standard InChI is InChI=1S/C33H48N6O2/c1-24(2)15-21-38(22-16-25(3)4)32(41)27-11-14-29-30(23-27)39(20-8-19-37-17-6-7-18-37)33(36-29)35-28-12-9-26(10-13-28)31(40)34-5/h9-14,23-25H,6-8,15-22H2,1-5H3,(H,34,40)(H,35,36). The maximum atomic E-state index is 13.8. The highest BCUT2D eigenvalue weighted by atomic mass is 16.2. The number of amides is 2. The Balaban J connectivity index is 1.62. The molecule has 0 aliphatic carbocycles. The van der Waals surface area contributed by atoms with E-state index in [1.165, 1.54) is 25.9 Å². The third-order valence-electron chi connectivity index (χ3n) is 7.92. The Labute approximate surface area is 245 Å². The van der Waals surface area contributed by atoms with E-state index in [0.29, 0.717) is 23.0 Å². The van der Waals surface area contributed by atoms with E-state index in [1.807, 2.05) is 35.2 Å². The fraction of sp³-hybridized carbons (Fsp3) is 0.545. The third kappa shape index (κ3) is 8.32. The summed E-state index contributed by atoms with van der Waals surface area (Å²) in [5, 5.41) is 6.13. The van der Waals surface area contributed by atoms with Gasteiger partial charge in [0.25, 0.3) is 11.8 Å². The van der Waals surface area contributed by atoms with Crippen LogP contribution in [-0.4, -0.2) is 70.9 Å². The summed E-state index contributed by atoms with van der Waals surface area (Å²) < 4.78 is 2.21. The largest absolute Gasteiger partial charge is 0.355 e. The molecule has 0 spiro atoms. The van der Waals surface area contributed by atoms with Crippen molar-refractivity contribution in [3.8, 4) is 0 Å². The molecule has 2 N–H and O–H groups in total. The highest BCUT2D eigenvalue weighted by molar-refractivity contribution is 5.98. The van der Waals surface area contributed by atoms with Crippen LogP contribution in [0.5, 0.6) is 0 Å². The number of benzene rings is 2. The van der Waals surface area contributed by atoms with Crippen LogP contribution in [0.1, 0.15) is 80.5 Å². The predicted octanol–water partition coefficient (Wildman–Crippen LogP) is 6.16. The number of hydrogen-bond acceptors (Lipinski definition) is 5. The maximum absolute atomic E-state index is 13.8. The number of carbonyl (C=O) groups excluding carboxylic acids is 2. The topological polar surface area (TPSA) is 82.5 Å². The zero-order chi connectivity index (χ0) is 29.4. The molecule has 2 aromatic carbocycles. The number of fused-ring (bicyclic) bond motifs is 1. The molecule has 0 radical (unpaired) electrons. The van der Waals surface area contributed by atoms with Crippen LogP contribution in [0.2, 0.25) is 0 Å². The third-order valence-corrected chi connectivity index (χ3v) is 7.92. The van der Waals surface area contributed by atoms with Crippen LogP contribution in [0.25, 0.3) is 11.0 Å². The van der Waals surface area contributed by atoms with Gasteiger partial charge < -0.3 is 25.0 Å². The molecule has 8 nitrogen and oxygen atoms in total. The van der Waals surface area contributed by atoms with Crippen LogP contribution in [0, 0.1) is 11.8 Å². The van der Waals surface area contributed by atoms with Gasteiger partial charge in [-0.2, -0.15) is 0 Å². The number of nitrogens with one attached hydrogen (secondary N) is 2. The molecule has 0 unspecified atom stereocenters. The molecule has 222 valence electrons. The lowest BCUT2D eigenvalue weighted by molar-refractivity contribution is 0.0740. The summed E-state index contributed by atoms with van der Waals surface area (Å²) in [4.78, 5) is 35.2. The van der Waals surface area contributed by atoms with E-state index < -0.39 is 0 Å². The van der Waals surface area contributed by atoms with Gasteiger partial charge in [0.2, 0.25) is 5.95 Å². The second-order valence-electron chi connectivity index (χ2n) is 12.1. The fourth-order valence-corrected chi connectivity index (χ4v) is 5.34. The molecule has 41 heavy (non-hydrogen) atoms. The highest BCUT2D eigenvalue weighted by Crippen LogP contribution is 2.26. The van der Waals surface area contributed by atoms with Crippen LogP contribution < -0.4 is 10.6 Å². The van der Waals surface area contributed by atoms with E-state index in [-0.39, 0.29) is 11.8 Å². The number of anilines is 2. The zero-order valence-electron chi connectivity index (χ0n) is 25.6. The maximum Gasteiger partial charge on any atom is 0.253 e. The molecule has 1 saturated heterocycles. The first-order valence-electron chi connectivity index (χ1n) is 15.4. The summed E-state index contributed by atoms with van der Waals surface area (Å²) in [6.45, 7) is 14.6. The molecule has 0 saturated carbocycles. The molecular weight excluding hydrogens is 512 g/mol. The smallest absolute Gasteiger partial charge is 0.253 e. The van der Waals surface area contributed by atoms with Gasteiger partial charge in [0.15, 0.2) is 0 Å². The van der Waals surface area contributed by atoms with E-state index in [0.717, 1.165) is 68.1 Å². The van der Waals surface area contributed by atoms with Crippen molar-refractivity contribution in [3.63, 3.8) is 0 Å². The Morgan fingerprint density at radius 2 is 1.54 bits per heavy atom. The zero-order valence-corrected chi connectivity index (χ0v) is 25.6. The number of aromatic nitrogens is 2. The molecule has 1 fully saturated rings. The first-order chi connectivity index (χ1) is 19.7. The van der Waals surface area contributed by atoms with E-state index in [2.05, 4.69) is 47.8 Å². The lowest BCUT2D eigenvalue weighted by Crippen LogP contribution is -2.34. The van der Waals surface area contributed by atoms with Crippen molar-refractivity contribution in [1.29, 1.82) is 0 Å². The van der Waals surface area contributed by atoms with Gasteiger partial charge in [-0.15, -0.1) is 0 Å². The van der Waals surface area contributed by atoms with Crippen molar-refractivity contribution < 1.29 is 9.59 Å². The lowest BCUT2D eigenvalue weighted by atomic mass is 10.1. The van der Waals surface area contributed by atoms with Gasteiger partial charge in [-0.3, -0.25) is 9.59 Å². The number of likely N-dealkylation sites (tertiary alicyclic amines) is 1. The summed E-state index contributed by atoms with van der Waals surface area (Å²) in [5.74, 6) is 1.82. The molecule has 8 heteroatoms. The number of hydrogen-bond donors (Lipinski definition) is 2. The van der Waals surface area contributed by atoms with Crippen molar-refractivity contribution in [1.82, 2.24) is 24.7 Å². The molecule has 1 aliphatic heterocycles. The van der Waals surface area contributed by atoms with Gasteiger partial charge in [-0.25, -0.2) is 4.98 Å². The number of carbonyl (C=O) groups is 2. The Kier molecular flexibility index (Phi) is 10.8. The van der Waals surface area contributed by atoms with Gasteiger partial charge in [0.05, 0.1) is 11.0 Å². The van der Waals surface area contributed by atoms with Crippen LogP contribution in [0.3, 0.4) is 0 Å². The number of rotatable bonds is 14. The molecule has 0 bridgehead atoms. The van der Waals surface area contributed by atoms with E-state index >= 15 is 0 Å². The average Bonchev–Trinajstić information content (AvgIpc) is 3.60. The SMILES string of the molecule is CNC(=O)c1ccc(Nc2nc3ccc(C(=O)N(CCC(C)C)CCC(C)C)cc3n2CCCN2CCCC2)cc1. The Morgan fingerprint density at radius 3 is 2.15 bits per heavy atom. The molecule has 3 aromatic rings. The molecule has 4 rings (SSSR count). The lowest BCUT2D eigenvalue weighted by Gasteiger charge is -2.25. The minimum Gasteiger partial charge on any atom is -0.355 e. The van der Waals surface area contributed by atoms with Gasteiger partial charge in [0.1, 0.15) is 0 Å². The summed E-state index contributed by atoms with van der Waals surface area (Å²) >= 11 is 0. The van der Waals surface area contributed by atoms with Gasteiger partial charge >= 0.3 is 0 Å². The van der Waals surface area contributed by atoms with Crippen LogP contribution in [-0.2, 0) is 6.54 Å². The number of imidazole rings is 1. The summed E-state index contributed by atoms with van der Waals surface area (Å²) in [6.07, 6.45) is 5.55. The first kappa shape index (κ1) is 30.6. The second kappa shape index (κ2) is 14.5. The van der Waals surface area contributed by atoms with Gasteiger partial charge in [-0.1, -0.05) is 27.7 Å². The normalized spacial score (nSPS) is 13.8. The summed E-state index contributed by atoms with van der Waals surface area (Å²) in [6, 6.07) is 13.3. The molecule has 1 aromatic heterocycles. The average molecular weight is 561 g/mol. The van der Waals surface area contributed by atoms with E-state index in [9.17, 15) is 9.59 Å². The Hall–Kier alpha value is -3.39. The first-order valence-corrected chi connectivity index (χ1v) is 15.4. The van der Waals surface area contributed by atoms with Crippen molar-refractivity contribution >= 4 is 34.5 Å². The second-order valence-corrected chi connectivity index (χ2v) is 12.1. The number of aryl methyl sites for hydroxylation is 1. The predicted molar refractivity (Wildman–Crippen MR) is 168 cm³/mol. The van der Waals surface area contributed by atoms with Crippen molar-refractivity contribution in [2.75, 3.05) is 45.1 Å². The molecule has 1 aliphatic rings. The molecule has 0 atom stereocenters. The van der Waals surface area contributed by atoms with Gasteiger partial charge in [-0.05, 0) is 106 Å². The van der Waals surface area contributed by atoms with Crippen LogP contribution >= 0.6 is 0 Å². The highest BCUT2D eigenvalue weighted by Gasteiger charge is 2.20. The quantitative estimate of drug-likeness (QED) is 0.247. The van der Waals surface area contributed by atoms with Crippen LogP contribution in [0.4, 0.5) is 11.6 Å². The van der Waals surface area contributed by atoms with Crippen molar-refractivity contribution in [2.24, 2.45) is 11.8 Å². The van der Waals surface area contributed by atoms with Crippen molar-refractivity contribution in [2.45, 2.75) is 66.3 Å². The van der Waals surface area contributed by atoms with Gasteiger partial charge in [0, 0.05) is 43.5 Å². The molecule has 2 heterocycles. The monoisotopic (exact) mass is 560 g/mol. The minimum absolute atomic E-state index is 0.0947. The van der Waals surface area contributed by atoms with E-state index in [4.69, 9.17) is 4.98 Å². The van der Waals surface area contributed by atoms with E-state index in [1.54, 1.807) is 19.2 Å². The summed E-state index contributed by atoms with van der Waals surface area (Å²) in [7, 11) is 1.63.